The lowest BCUT2D eigenvalue weighted by atomic mass is 10.1. The zero-order valence-electron chi connectivity index (χ0n) is 11.6. The van der Waals surface area contributed by atoms with E-state index < -0.39 is 0 Å². The molecule has 2 aromatic heterocycles. The Morgan fingerprint density at radius 2 is 2.14 bits per heavy atom. The summed E-state index contributed by atoms with van der Waals surface area (Å²) >= 11 is 0. The summed E-state index contributed by atoms with van der Waals surface area (Å²) in [6.07, 6.45) is 5.57. The molecule has 21 heavy (non-hydrogen) atoms. The van der Waals surface area contributed by atoms with Gasteiger partial charge in [0.25, 0.3) is 0 Å². The van der Waals surface area contributed by atoms with Crippen molar-refractivity contribution in [3.63, 3.8) is 0 Å². The number of fused-ring (bicyclic) bond motifs is 2. The van der Waals surface area contributed by atoms with Crippen LogP contribution in [0.15, 0.2) is 36.7 Å². The standard InChI is InChI=1S/C16H16N4O/c1-2-4-13-12(3-1)11(9-18-13)5-6-15-19-10-14-16(20-15)17-7-8-21-14/h1-4,9-10,18H,5-8H2,(H,17,19,20). The molecule has 1 aliphatic rings. The molecule has 0 unspecified atom stereocenters. The largest absolute Gasteiger partial charge is 0.486 e. The topological polar surface area (TPSA) is 62.8 Å². The molecule has 2 N–H and O–H groups in total. The number of H-pyrrole nitrogens is 1. The predicted octanol–water partition coefficient (Wildman–Crippen LogP) is 2.55. The zero-order valence-corrected chi connectivity index (χ0v) is 11.6. The van der Waals surface area contributed by atoms with Gasteiger partial charge in [-0.05, 0) is 18.1 Å². The van der Waals surface area contributed by atoms with Gasteiger partial charge < -0.3 is 15.0 Å². The van der Waals surface area contributed by atoms with Gasteiger partial charge in [-0.25, -0.2) is 9.97 Å². The van der Waals surface area contributed by atoms with Crippen LogP contribution >= 0.6 is 0 Å². The molecule has 3 heterocycles. The van der Waals surface area contributed by atoms with Crippen LogP contribution in [0.5, 0.6) is 5.75 Å². The molecule has 0 fully saturated rings. The first-order valence-electron chi connectivity index (χ1n) is 7.18. The van der Waals surface area contributed by atoms with Crippen molar-refractivity contribution >= 4 is 16.7 Å². The molecule has 1 aromatic carbocycles. The Balaban J connectivity index is 1.54. The Bertz CT molecular complexity index is 781. The number of anilines is 1. The van der Waals surface area contributed by atoms with Gasteiger partial charge in [-0.3, -0.25) is 0 Å². The molecule has 5 heteroatoms. The van der Waals surface area contributed by atoms with Gasteiger partial charge in [0.1, 0.15) is 12.4 Å². The highest BCUT2D eigenvalue weighted by atomic mass is 16.5. The molecule has 3 aromatic rings. The predicted molar refractivity (Wildman–Crippen MR) is 81.7 cm³/mol. The lowest BCUT2D eigenvalue weighted by Gasteiger charge is -2.17. The van der Waals surface area contributed by atoms with Crippen LogP contribution in [0.1, 0.15) is 11.4 Å². The quantitative estimate of drug-likeness (QED) is 0.774. The van der Waals surface area contributed by atoms with E-state index in [4.69, 9.17) is 4.74 Å². The number of nitrogens with zero attached hydrogens (tertiary/aromatic N) is 2. The van der Waals surface area contributed by atoms with Crippen LogP contribution in [-0.2, 0) is 12.8 Å². The Kier molecular flexibility index (Phi) is 2.96. The van der Waals surface area contributed by atoms with Crippen LogP contribution in [0.4, 0.5) is 5.82 Å². The first-order chi connectivity index (χ1) is 10.4. The molecule has 0 bridgehead atoms. The maximum atomic E-state index is 5.49. The van der Waals surface area contributed by atoms with Crippen molar-refractivity contribution in [3.05, 3.63) is 48.0 Å². The monoisotopic (exact) mass is 280 g/mol. The molecule has 0 amide bonds. The number of benzene rings is 1. The van der Waals surface area contributed by atoms with Gasteiger partial charge in [0, 0.05) is 23.5 Å². The number of para-hydroxylation sites is 1. The number of rotatable bonds is 3. The lowest BCUT2D eigenvalue weighted by molar-refractivity contribution is 0.319. The fraction of sp³-hybridized carbons (Fsp3) is 0.250. The molecule has 0 atom stereocenters. The fourth-order valence-corrected chi connectivity index (χ4v) is 2.68. The summed E-state index contributed by atoms with van der Waals surface area (Å²) in [6.45, 7) is 1.47. The second-order valence-corrected chi connectivity index (χ2v) is 5.13. The summed E-state index contributed by atoms with van der Waals surface area (Å²) in [4.78, 5) is 12.2. The number of nitrogens with one attached hydrogen (secondary N) is 2. The Morgan fingerprint density at radius 1 is 1.19 bits per heavy atom. The number of hydrogen-bond donors (Lipinski definition) is 2. The molecule has 106 valence electrons. The van der Waals surface area contributed by atoms with Crippen molar-refractivity contribution in [1.29, 1.82) is 0 Å². The summed E-state index contributed by atoms with van der Waals surface area (Å²) in [6, 6.07) is 8.34. The molecular formula is C16H16N4O. The van der Waals surface area contributed by atoms with Crippen LogP contribution in [0.3, 0.4) is 0 Å². The van der Waals surface area contributed by atoms with E-state index >= 15 is 0 Å². The van der Waals surface area contributed by atoms with E-state index in [1.54, 1.807) is 6.20 Å². The van der Waals surface area contributed by atoms with Gasteiger partial charge in [0.2, 0.25) is 0 Å². The minimum Gasteiger partial charge on any atom is -0.486 e. The second-order valence-electron chi connectivity index (χ2n) is 5.13. The van der Waals surface area contributed by atoms with E-state index in [-0.39, 0.29) is 0 Å². The number of hydrogen-bond acceptors (Lipinski definition) is 4. The maximum Gasteiger partial charge on any atom is 0.179 e. The van der Waals surface area contributed by atoms with Crippen molar-refractivity contribution in [2.45, 2.75) is 12.8 Å². The third kappa shape index (κ3) is 2.31. The van der Waals surface area contributed by atoms with Crippen molar-refractivity contribution in [2.75, 3.05) is 18.5 Å². The van der Waals surface area contributed by atoms with Crippen LogP contribution in [0.25, 0.3) is 10.9 Å². The van der Waals surface area contributed by atoms with Gasteiger partial charge in [-0.15, -0.1) is 0 Å². The molecule has 0 saturated heterocycles. The lowest BCUT2D eigenvalue weighted by Crippen LogP contribution is -2.20. The van der Waals surface area contributed by atoms with E-state index in [0.717, 1.165) is 36.8 Å². The normalized spacial score (nSPS) is 13.5. The Morgan fingerprint density at radius 3 is 3.14 bits per heavy atom. The first-order valence-corrected chi connectivity index (χ1v) is 7.18. The highest BCUT2D eigenvalue weighted by Gasteiger charge is 2.12. The van der Waals surface area contributed by atoms with Crippen LogP contribution in [-0.4, -0.2) is 28.1 Å². The molecule has 0 radical (unpaired) electrons. The van der Waals surface area contributed by atoms with E-state index in [9.17, 15) is 0 Å². The van der Waals surface area contributed by atoms with Gasteiger partial charge in [-0.2, -0.15) is 0 Å². The third-order valence-corrected chi connectivity index (χ3v) is 3.75. The van der Waals surface area contributed by atoms with Crippen LogP contribution in [0.2, 0.25) is 0 Å². The van der Waals surface area contributed by atoms with Crippen LogP contribution < -0.4 is 10.1 Å². The van der Waals surface area contributed by atoms with E-state index in [1.807, 2.05) is 6.07 Å². The summed E-state index contributed by atoms with van der Waals surface area (Å²) < 4.78 is 5.49. The SMILES string of the molecule is c1ccc2c(CCc3ncc4c(n3)NCCO4)c[nH]c2c1. The molecule has 0 spiro atoms. The Hall–Kier alpha value is -2.56. The molecule has 0 saturated carbocycles. The number of ether oxygens (including phenoxy) is 1. The molecule has 4 rings (SSSR count). The smallest absolute Gasteiger partial charge is 0.179 e. The second kappa shape index (κ2) is 5.09. The van der Waals surface area contributed by atoms with E-state index in [1.165, 1.54) is 16.5 Å². The summed E-state index contributed by atoms with van der Waals surface area (Å²) in [5, 5.41) is 4.52. The molecule has 5 nitrogen and oxygen atoms in total. The average Bonchev–Trinajstić information content (AvgIpc) is 2.96. The van der Waals surface area contributed by atoms with Crippen molar-refractivity contribution in [1.82, 2.24) is 15.0 Å². The fourth-order valence-electron chi connectivity index (χ4n) is 2.68. The average molecular weight is 280 g/mol. The van der Waals surface area contributed by atoms with Crippen molar-refractivity contribution < 1.29 is 4.74 Å². The molecular weight excluding hydrogens is 264 g/mol. The summed E-state index contributed by atoms with van der Waals surface area (Å²) in [5.41, 5.74) is 2.48. The number of aryl methyl sites for hydroxylation is 2. The van der Waals surface area contributed by atoms with Gasteiger partial charge in [-0.1, -0.05) is 18.2 Å². The third-order valence-electron chi connectivity index (χ3n) is 3.75. The summed E-state index contributed by atoms with van der Waals surface area (Å²) in [5.74, 6) is 2.40. The van der Waals surface area contributed by atoms with Gasteiger partial charge in [0.15, 0.2) is 11.6 Å². The number of aromatic nitrogens is 3. The maximum absolute atomic E-state index is 5.49. The molecule has 0 aliphatic carbocycles. The zero-order chi connectivity index (χ0) is 14.1. The Labute approximate surface area is 122 Å². The summed E-state index contributed by atoms with van der Waals surface area (Å²) in [7, 11) is 0. The highest BCUT2D eigenvalue weighted by Crippen LogP contribution is 2.24. The van der Waals surface area contributed by atoms with Crippen LogP contribution in [0, 0.1) is 0 Å². The highest BCUT2D eigenvalue weighted by molar-refractivity contribution is 5.83. The van der Waals surface area contributed by atoms with Gasteiger partial charge >= 0.3 is 0 Å². The molecule has 1 aliphatic heterocycles. The van der Waals surface area contributed by atoms with E-state index in [2.05, 4.69) is 44.7 Å². The van der Waals surface area contributed by atoms with Crippen molar-refractivity contribution in [3.8, 4) is 5.75 Å². The minimum absolute atomic E-state index is 0.672. The number of aromatic amines is 1. The minimum atomic E-state index is 0.672. The first kappa shape index (κ1) is 12.2. The van der Waals surface area contributed by atoms with Crippen molar-refractivity contribution in [2.24, 2.45) is 0 Å². The van der Waals surface area contributed by atoms with E-state index in [0.29, 0.717) is 6.61 Å². The van der Waals surface area contributed by atoms with Gasteiger partial charge in [0.05, 0.1) is 12.7 Å².